The van der Waals surface area contributed by atoms with Gasteiger partial charge in [-0.1, -0.05) is 18.2 Å². The molecule has 0 saturated heterocycles. The van der Waals surface area contributed by atoms with Gasteiger partial charge >= 0.3 is 0 Å². The van der Waals surface area contributed by atoms with E-state index in [2.05, 4.69) is 21.0 Å². The van der Waals surface area contributed by atoms with Crippen LogP contribution in [0.25, 0.3) is 21.9 Å². The number of aromatic amines is 1. The third kappa shape index (κ3) is 1.05. The number of hydrogen-bond acceptors (Lipinski definition) is 2. The number of benzene rings is 1. The van der Waals surface area contributed by atoms with Crippen LogP contribution in [0.2, 0.25) is 0 Å². The number of H-pyrrole nitrogens is 1. The molecule has 2 aromatic heterocycles. The minimum atomic E-state index is 0. The predicted molar refractivity (Wildman–Crippen MR) is 55.0 cm³/mol. The summed E-state index contributed by atoms with van der Waals surface area (Å²) in [7, 11) is 0. The van der Waals surface area contributed by atoms with E-state index in [1.54, 1.807) is 6.33 Å². The van der Waals surface area contributed by atoms with E-state index in [4.69, 9.17) is 0 Å². The van der Waals surface area contributed by atoms with Crippen LogP contribution in [-0.2, 0) is 0 Å². The number of fused-ring (bicyclic) bond motifs is 3. The fraction of sp³-hybridized carbons (Fsp3) is 0. The summed E-state index contributed by atoms with van der Waals surface area (Å²) in [6, 6.07) is 8.13. The first-order valence-electron chi connectivity index (χ1n) is 4.11. The number of aromatic nitrogens is 3. The molecule has 3 N–H and O–H groups in total. The summed E-state index contributed by atoms with van der Waals surface area (Å²) in [5.74, 6) is 0. The summed E-state index contributed by atoms with van der Waals surface area (Å²) in [5.41, 5.74) is 2.01. The summed E-state index contributed by atoms with van der Waals surface area (Å²) in [4.78, 5) is 11.4. The zero-order valence-electron chi connectivity index (χ0n) is 7.36. The summed E-state index contributed by atoms with van der Waals surface area (Å²) in [6.45, 7) is 0. The molecule has 0 spiro atoms. The molecule has 1 aromatic carbocycles. The Morgan fingerprint density at radius 2 is 1.93 bits per heavy atom. The number of hydrogen-bond donors (Lipinski definition) is 1. The number of para-hydroxylation sites is 1. The van der Waals surface area contributed by atoms with Crippen LogP contribution in [-0.4, -0.2) is 20.4 Å². The van der Waals surface area contributed by atoms with E-state index in [0.29, 0.717) is 0 Å². The van der Waals surface area contributed by atoms with Crippen molar-refractivity contribution in [3.05, 3.63) is 36.8 Å². The van der Waals surface area contributed by atoms with Crippen molar-refractivity contribution >= 4 is 21.9 Å². The Hall–Kier alpha value is -1.94. The molecule has 0 aliphatic carbocycles. The van der Waals surface area contributed by atoms with Gasteiger partial charge in [-0.05, 0) is 6.07 Å². The van der Waals surface area contributed by atoms with Crippen molar-refractivity contribution in [2.45, 2.75) is 0 Å². The highest BCUT2D eigenvalue weighted by Gasteiger charge is 2.02. The topological polar surface area (TPSA) is 73.1 Å². The fourth-order valence-electron chi connectivity index (χ4n) is 1.58. The smallest absolute Gasteiger partial charge is 0.141 e. The molecule has 4 nitrogen and oxygen atoms in total. The van der Waals surface area contributed by atoms with E-state index >= 15 is 0 Å². The molecule has 3 aromatic rings. The van der Waals surface area contributed by atoms with Crippen LogP contribution in [0.15, 0.2) is 36.8 Å². The van der Waals surface area contributed by atoms with Crippen molar-refractivity contribution in [2.75, 3.05) is 0 Å². The Morgan fingerprint density at radius 1 is 1.07 bits per heavy atom. The van der Waals surface area contributed by atoms with Crippen LogP contribution in [0.1, 0.15) is 0 Å². The number of nitrogens with one attached hydrogen (secondary N) is 1. The van der Waals surface area contributed by atoms with Crippen molar-refractivity contribution < 1.29 is 5.48 Å². The van der Waals surface area contributed by atoms with Crippen molar-refractivity contribution in [1.29, 1.82) is 0 Å². The maximum Gasteiger partial charge on any atom is 0.141 e. The average Bonchev–Trinajstić information content (AvgIpc) is 2.56. The molecule has 0 saturated carbocycles. The van der Waals surface area contributed by atoms with Gasteiger partial charge in [0.15, 0.2) is 0 Å². The van der Waals surface area contributed by atoms with Crippen LogP contribution in [0.5, 0.6) is 0 Å². The van der Waals surface area contributed by atoms with Gasteiger partial charge in [-0.25, -0.2) is 9.97 Å². The van der Waals surface area contributed by atoms with Crippen LogP contribution >= 0.6 is 0 Å². The highest BCUT2D eigenvalue weighted by atomic mass is 16.0. The zero-order chi connectivity index (χ0) is 8.67. The standard InChI is InChI=1S/C10H7N3.H2O/c1-2-4-9-7(3-1)8-5-11-6-12-10(8)13-9;/h1-6H,(H,11,12,13);1H2. The van der Waals surface area contributed by atoms with Crippen LogP contribution < -0.4 is 0 Å². The lowest BCUT2D eigenvalue weighted by Gasteiger charge is -1.86. The van der Waals surface area contributed by atoms with Gasteiger partial charge in [0, 0.05) is 22.5 Å². The number of rotatable bonds is 0. The normalized spacial score (nSPS) is 10.3. The molecule has 0 amide bonds. The van der Waals surface area contributed by atoms with Crippen LogP contribution in [0, 0.1) is 0 Å². The van der Waals surface area contributed by atoms with E-state index in [9.17, 15) is 0 Å². The van der Waals surface area contributed by atoms with Gasteiger partial charge in [-0.2, -0.15) is 0 Å². The largest absolute Gasteiger partial charge is 0.412 e. The molecule has 4 heteroatoms. The minimum Gasteiger partial charge on any atom is -0.412 e. The molecule has 0 fully saturated rings. The molecule has 0 unspecified atom stereocenters. The van der Waals surface area contributed by atoms with E-state index in [1.165, 1.54) is 5.39 Å². The van der Waals surface area contributed by atoms with E-state index in [1.807, 2.05) is 24.4 Å². The Morgan fingerprint density at radius 3 is 2.86 bits per heavy atom. The first kappa shape index (κ1) is 8.65. The molecule has 0 aliphatic heterocycles. The maximum atomic E-state index is 4.15. The molecule has 14 heavy (non-hydrogen) atoms. The Kier molecular flexibility index (Phi) is 1.90. The van der Waals surface area contributed by atoms with Crippen LogP contribution in [0.4, 0.5) is 0 Å². The minimum absolute atomic E-state index is 0. The van der Waals surface area contributed by atoms with Gasteiger partial charge < -0.3 is 10.5 Å². The van der Waals surface area contributed by atoms with Gasteiger partial charge in [0.25, 0.3) is 0 Å². The predicted octanol–water partition coefficient (Wildman–Crippen LogP) is 1.29. The lowest BCUT2D eigenvalue weighted by molar-refractivity contribution is 0.824. The summed E-state index contributed by atoms with van der Waals surface area (Å²) in [5, 5.41) is 2.26. The molecular weight excluding hydrogens is 178 g/mol. The SMILES string of the molecule is O.c1ccc2c(c1)[nH]c1ncncc12. The van der Waals surface area contributed by atoms with Crippen molar-refractivity contribution in [2.24, 2.45) is 0 Å². The van der Waals surface area contributed by atoms with Crippen molar-refractivity contribution in [3.8, 4) is 0 Å². The van der Waals surface area contributed by atoms with Gasteiger partial charge in [-0.3, -0.25) is 0 Å². The molecule has 3 rings (SSSR count). The average molecular weight is 187 g/mol. The third-order valence-electron chi connectivity index (χ3n) is 2.18. The maximum absolute atomic E-state index is 4.15. The molecule has 0 bridgehead atoms. The van der Waals surface area contributed by atoms with E-state index < -0.39 is 0 Å². The second kappa shape index (κ2) is 3.08. The molecule has 2 heterocycles. The first-order valence-corrected chi connectivity index (χ1v) is 4.11. The van der Waals surface area contributed by atoms with Crippen molar-refractivity contribution in [3.63, 3.8) is 0 Å². The summed E-state index contributed by atoms with van der Waals surface area (Å²) in [6.07, 6.45) is 3.39. The summed E-state index contributed by atoms with van der Waals surface area (Å²) < 4.78 is 0. The van der Waals surface area contributed by atoms with Crippen molar-refractivity contribution in [1.82, 2.24) is 15.0 Å². The van der Waals surface area contributed by atoms with Gasteiger partial charge in [0.1, 0.15) is 12.0 Å². The molecule has 70 valence electrons. The van der Waals surface area contributed by atoms with E-state index in [0.717, 1.165) is 16.6 Å². The third-order valence-corrected chi connectivity index (χ3v) is 2.18. The number of nitrogens with zero attached hydrogens (tertiary/aromatic N) is 2. The summed E-state index contributed by atoms with van der Waals surface area (Å²) >= 11 is 0. The highest BCUT2D eigenvalue weighted by Crippen LogP contribution is 2.21. The Labute approximate surface area is 79.9 Å². The lowest BCUT2D eigenvalue weighted by atomic mass is 10.2. The monoisotopic (exact) mass is 187 g/mol. The lowest BCUT2D eigenvalue weighted by Crippen LogP contribution is -1.75. The molecule has 0 atom stereocenters. The fourth-order valence-corrected chi connectivity index (χ4v) is 1.58. The second-order valence-electron chi connectivity index (χ2n) is 2.96. The van der Waals surface area contributed by atoms with Gasteiger partial charge in [0.05, 0.1) is 0 Å². The highest BCUT2D eigenvalue weighted by molar-refractivity contribution is 6.05. The quantitative estimate of drug-likeness (QED) is 0.575. The molecular formula is C10H9N3O. The first-order chi connectivity index (χ1) is 6.45. The molecule has 0 aliphatic rings. The Bertz CT molecular complexity index is 523. The molecule has 0 radical (unpaired) electrons. The van der Waals surface area contributed by atoms with E-state index in [-0.39, 0.29) is 5.48 Å². The van der Waals surface area contributed by atoms with Gasteiger partial charge in [-0.15, -0.1) is 0 Å². The zero-order valence-corrected chi connectivity index (χ0v) is 7.36. The van der Waals surface area contributed by atoms with Gasteiger partial charge in [0.2, 0.25) is 0 Å². The Balaban J connectivity index is 0.000000750. The van der Waals surface area contributed by atoms with Crippen LogP contribution in [0.3, 0.4) is 0 Å². The second-order valence-corrected chi connectivity index (χ2v) is 2.96.